The Morgan fingerprint density at radius 2 is 2.00 bits per heavy atom. The van der Waals surface area contributed by atoms with E-state index in [0.717, 1.165) is 17.7 Å². The Balaban J connectivity index is 3.12. The first-order valence-electron chi connectivity index (χ1n) is 5.26. The van der Waals surface area contributed by atoms with Crippen LogP contribution < -0.4 is 4.74 Å². The maximum absolute atomic E-state index is 5.44. The van der Waals surface area contributed by atoms with E-state index < -0.39 is 0 Å². The predicted molar refractivity (Wildman–Crippen MR) is 66.2 cm³/mol. The molecular weight excluding hydrogens is 184 g/mol. The largest absolute Gasteiger partial charge is 0.496 e. The number of benzene rings is 1. The second kappa shape index (κ2) is 4.52. The Labute approximate surface area is 92.8 Å². The number of hydrogen-bond donors (Lipinski definition) is 0. The number of ether oxygens (including phenoxy) is 1. The van der Waals surface area contributed by atoms with Crippen molar-refractivity contribution < 1.29 is 4.74 Å². The third kappa shape index (κ3) is 3.12. The number of methoxy groups -OCH3 is 1. The van der Waals surface area contributed by atoms with Gasteiger partial charge in [-0.05, 0) is 17.4 Å². The highest BCUT2D eigenvalue weighted by molar-refractivity contribution is 5.58. The normalized spacial score (nSPS) is 11.2. The first kappa shape index (κ1) is 11.8. The molecule has 0 spiro atoms. The number of para-hydroxylation sites is 1. The SMILES string of the molecule is C=Cc1cccc(CC(C)(C)C)c1OC. The van der Waals surface area contributed by atoms with E-state index in [1.165, 1.54) is 5.56 Å². The van der Waals surface area contributed by atoms with Gasteiger partial charge in [0, 0.05) is 5.56 Å². The van der Waals surface area contributed by atoms with Gasteiger partial charge in [0.05, 0.1) is 7.11 Å². The van der Waals surface area contributed by atoms with Gasteiger partial charge in [-0.15, -0.1) is 0 Å². The molecule has 0 aliphatic carbocycles. The predicted octanol–water partition coefficient (Wildman–Crippen LogP) is 3.93. The first-order valence-corrected chi connectivity index (χ1v) is 5.26. The third-order valence-corrected chi connectivity index (χ3v) is 2.27. The zero-order chi connectivity index (χ0) is 11.5. The molecule has 0 amide bonds. The average molecular weight is 204 g/mol. The maximum Gasteiger partial charge on any atom is 0.129 e. The quantitative estimate of drug-likeness (QED) is 0.725. The maximum atomic E-state index is 5.44. The van der Waals surface area contributed by atoms with Crippen molar-refractivity contribution >= 4 is 6.08 Å². The van der Waals surface area contributed by atoms with Crippen LogP contribution in [0.1, 0.15) is 31.9 Å². The lowest BCUT2D eigenvalue weighted by molar-refractivity contribution is 0.378. The molecule has 1 heteroatoms. The lowest BCUT2D eigenvalue weighted by Gasteiger charge is -2.20. The minimum Gasteiger partial charge on any atom is -0.496 e. The average Bonchev–Trinajstić information content (AvgIpc) is 2.15. The summed E-state index contributed by atoms with van der Waals surface area (Å²) >= 11 is 0. The second-order valence-electron chi connectivity index (χ2n) is 4.98. The minimum absolute atomic E-state index is 0.271. The molecule has 82 valence electrons. The summed E-state index contributed by atoms with van der Waals surface area (Å²) in [7, 11) is 1.72. The smallest absolute Gasteiger partial charge is 0.129 e. The highest BCUT2D eigenvalue weighted by Crippen LogP contribution is 2.30. The Morgan fingerprint density at radius 3 is 2.47 bits per heavy atom. The molecule has 0 aliphatic heterocycles. The third-order valence-electron chi connectivity index (χ3n) is 2.27. The van der Waals surface area contributed by atoms with E-state index in [4.69, 9.17) is 4.74 Å². The summed E-state index contributed by atoms with van der Waals surface area (Å²) in [5, 5.41) is 0. The number of rotatable bonds is 3. The van der Waals surface area contributed by atoms with Crippen LogP contribution in [0.25, 0.3) is 6.08 Å². The second-order valence-corrected chi connectivity index (χ2v) is 4.98. The highest BCUT2D eigenvalue weighted by atomic mass is 16.5. The molecule has 0 N–H and O–H groups in total. The van der Waals surface area contributed by atoms with Crippen LogP contribution in [0.2, 0.25) is 0 Å². The molecule has 1 aromatic rings. The summed E-state index contributed by atoms with van der Waals surface area (Å²) in [6.45, 7) is 10.5. The lowest BCUT2D eigenvalue weighted by atomic mass is 9.87. The van der Waals surface area contributed by atoms with E-state index >= 15 is 0 Å². The van der Waals surface area contributed by atoms with Crippen molar-refractivity contribution in [2.75, 3.05) is 7.11 Å². The Bertz CT molecular complexity index is 345. The van der Waals surface area contributed by atoms with Crippen LogP contribution in [0.5, 0.6) is 5.75 Å². The van der Waals surface area contributed by atoms with Gasteiger partial charge >= 0.3 is 0 Å². The molecule has 0 heterocycles. The highest BCUT2D eigenvalue weighted by Gasteiger charge is 2.15. The van der Waals surface area contributed by atoms with E-state index in [1.807, 2.05) is 12.1 Å². The van der Waals surface area contributed by atoms with Gasteiger partial charge in [-0.3, -0.25) is 0 Å². The van der Waals surface area contributed by atoms with Crippen LogP contribution in [0.15, 0.2) is 24.8 Å². The van der Waals surface area contributed by atoms with Crippen LogP contribution in [-0.2, 0) is 6.42 Å². The summed E-state index contributed by atoms with van der Waals surface area (Å²) in [6.07, 6.45) is 2.85. The molecular formula is C14H20O. The van der Waals surface area contributed by atoms with Gasteiger partial charge in [0.15, 0.2) is 0 Å². The molecule has 1 rings (SSSR count). The fraction of sp³-hybridized carbons (Fsp3) is 0.429. The minimum atomic E-state index is 0.271. The van der Waals surface area contributed by atoms with Crippen molar-refractivity contribution in [1.29, 1.82) is 0 Å². The molecule has 0 unspecified atom stereocenters. The van der Waals surface area contributed by atoms with Crippen LogP contribution in [-0.4, -0.2) is 7.11 Å². The zero-order valence-electron chi connectivity index (χ0n) is 10.1. The topological polar surface area (TPSA) is 9.23 Å². The van der Waals surface area contributed by atoms with Crippen LogP contribution >= 0.6 is 0 Å². The van der Waals surface area contributed by atoms with E-state index in [0.29, 0.717) is 0 Å². The van der Waals surface area contributed by atoms with Gasteiger partial charge in [0.1, 0.15) is 5.75 Å². The van der Waals surface area contributed by atoms with E-state index in [2.05, 4.69) is 39.5 Å². The van der Waals surface area contributed by atoms with Gasteiger partial charge in [0.2, 0.25) is 0 Å². The molecule has 0 radical (unpaired) electrons. The molecule has 0 saturated heterocycles. The molecule has 1 aromatic carbocycles. The van der Waals surface area contributed by atoms with Crippen molar-refractivity contribution in [1.82, 2.24) is 0 Å². The van der Waals surface area contributed by atoms with Gasteiger partial charge in [0.25, 0.3) is 0 Å². The van der Waals surface area contributed by atoms with Crippen molar-refractivity contribution in [3.05, 3.63) is 35.9 Å². The van der Waals surface area contributed by atoms with Gasteiger partial charge in [-0.2, -0.15) is 0 Å². The monoisotopic (exact) mass is 204 g/mol. The molecule has 1 nitrogen and oxygen atoms in total. The summed E-state index contributed by atoms with van der Waals surface area (Å²) in [5.74, 6) is 0.961. The van der Waals surface area contributed by atoms with E-state index in [-0.39, 0.29) is 5.41 Å². The summed E-state index contributed by atoms with van der Waals surface area (Å²) in [6, 6.07) is 6.20. The van der Waals surface area contributed by atoms with E-state index in [9.17, 15) is 0 Å². The molecule has 0 saturated carbocycles. The van der Waals surface area contributed by atoms with E-state index in [1.54, 1.807) is 7.11 Å². The first-order chi connectivity index (χ1) is 6.98. The van der Waals surface area contributed by atoms with Crippen molar-refractivity contribution in [2.24, 2.45) is 5.41 Å². The van der Waals surface area contributed by atoms with Gasteiger partial charge in [-0.1, -0.05) is 51.6 Å². The molecule has 0 aromatic heterocycles. The van der Waals surface area contributed by atoms with Gasteiger partial charge in [-0.25, -0.2) is 0 Å². The zero-order valence-corrected chi connectivity index (χ0v) is 10.1. The fourth-order valence-corrected chi connectivity index (χ4v) is 1.72. The van der Waals surface area contributed by atoms with Crippen LogP contribution in [0.4, 0.5) is 0 Å². The summed E-state index contributed by atoms with van der Waals surface area (Å²) in [5.41, 5.74) is 2.59. The van der Waals surface area contributed by atoms with Crippen LogP contribution in [0, 0.1) is 5.41 Å². The molecule has 0 atom stereocenters. The van der Waals surface area contributed by atoms with Crippen molar-refractivity contribution in [3.63, 3.8) is 0 Å². The summed E-state index contributed by atoms with van der Waals surface area (Å²) < 4.78 is 5.44. The standard InChI is InChI=1S/C14H20O/c1-6-11-8-7-9-12(13(11)15-5)10-14(2,3)4/h6-9H,1,10H2,2-5H3. The fourth-order valence-electron chi connectivity index (χ4n) is 1.72. The number of hydrogen-bond acceptors (Lipinski definition) is 1. The molecule has 0 bridgehead atoms. The van der Waals surface area contributed by atoms with Crippen molar-refractivity contribution in [3.8, 4) is 5.75 Å². The molecule has 15 heavy (non-hydrogen) atoms. The van der Waals surface area contributed by atoms with Crippen LogP contribution in [0.3, 0.4) is 0 Å². The van der Waals surface area contributed by atoms with Crippen molar-refractivity contribution in [2.45, 2.75) is 27.2 Å². The lowest BCUT2D eigenvalue weighted by Crippen LogP contribution is -2.10. The molecule has 0 aliphatic rings. The summed E-state index contributed by atoms with van der Waals surface area (Å²) in [4.78, 5) is 0. The van der Waals surface area contributed by atoms with Gasteiger partial charge < -0.3 is 4.74 Å². The Kier molecular flexibility index (Phi) is 3.57. The Hall–Kier alpha value is -1.24. The molecule has 0 fully saturated rings. The Morgan fingerprint density at radius 1 is 1.33 bits per heavy atom.